The Balaban J connectivity index is 2.36. The lowest BCUT2D eigenvalue weighted by molar-refractivity contribution is 1.58. The number of hydrogen-bond acceptors (Lipinski definition) is 0. The molecule has 0 spiro atoms. The predicted molar refractivity (Wildman–Crippen MR) is 74.6 cm³/mol. The van der Waals surface area contributed by atoms with Crippen LogP contribution < -0.4 is 0 Å². The molecule has 0 unspecified atom stereocenters. The summed E-state index contributed by atoms with van der Waals surface area (Å²) in [5, 5.41) is 0. The molecule has 2 rings (SSSR count). The monoisotopic (exact) mass is 226 g/mol. The van der Waals surface area contributed by atoms with Gasteiger partial charge in [-0.25, -0.2) is 0 Å². The van der Waals surface area contributed by atoms with E-state index in [-0.39, 0.29) is 0 Å². The fourth-order valence-corrected chi connectivity index (χ4v) is 1.47. The highest BCUT2D eigenvalue weighted by Gasteiger charge is 1.93. The second-order valence-electron chi connectivity index (χ2n) is 3.56. The first-order chi connectivity index (χ1) is 8.90. The summed E-state index contributed by atoms with van der Waals surface area (Å²) in [4.78, 5) is 0. The second-order valence-corrected chi connectivity index (χ2v) is 3.56. The van der Waals surface area contributed by atoms with E-state index in [1.807, 2.05) is 54.6 Å². The van der Waals surface area contributed by atoms with Crippen molar-refractivity contribution >= 4 is 0 Å². The quantitative estimate of drug-likeness (QED) is 0.606. The number of hydrogen-bond donors (Lipinski definition) is 0. The number of benzene rings is 2. The maximum absolute atomic E-state index is 5.13. The van der Waals surface area contributed by atoms with Crippen molar-refractivity contribution in [3.63, 3.8) is 0 Å². The van der Waals surface area contributed by atoms with Gasteiger partial charge in [-0.3, -0.25) is 0 Å². The Bertz CT molecular complexity index is 693. The first-order valence-corrected chi connectivity index (χ1v) is 5.53. The second kappa shape index (κ2) is 6.00. The molecule has 0 saturated heterocycles. The van der Waals surface area contributed by atoms with Crippen LogP contribution in [0.15, 0.2) is 54.6 Å². The van der Waals surface area contributed by atoms with Crippen LogP contribution in [0, 0.1) is 36.0 Å². The van der Waals surface area contributed by atoms with Crippen LogP contribution >= 0.6 is 0 Å². The average Bonchev–Trinajstić information content (AvgIpc) is 2.45. The lowest BCUT2D eigenvalue weighted by atomic mass is 10.1. The van der Waals surface area contributed by atoms with E-state index in [2.05, 4.69) is 29.6 Å². The zero-order chi connectivity index (χ0) is 12.6. The van der Waals surface area contributed by atoms with Crippen molar-refractivity contribution in [3.8, 4) is 36.0 Å². The van der Waals surface area contributed by atoms with Gasteiger partial charge in [-0.1, -0.05) is 48.1 Å². The first-order valence-electron chi connectivity index (χ1n) is 5.53. The van der Waals surface area contributed by atoms with Crippen LogP contribution in [0.4, 0.5) is 0 Å². The standard InChI is InChI=1S/C18H10/c1-2-3-11-17-12-7-8-13-18(17)15-14-16-9-5-4-6-10-16/h1,4-10,12-13H. The number of rotatable bonds is 0. The van der Waals surface area contributed by atoms with Gasteiger partial charge in [0.2, 0.25) is 0 Å². The molecule has 0 radical (unpaired) electrons. The SMILES string of the molecule is C#CC#Cc1ccccc1C#Cc1ccccc1. The molecule has 0 aromatic heterocycles. The van der Waals surface area contributed by atoms with Gasteiger partial charge in [0, 0.05) is 16.7 Å². The molecule has 0 amide bonds. The molecular weight excluding hydrogens is 216 g/mol. The lowest BCUT2D eigenvalue weighted by Crippen LogP contribution is -1.82. The van der Waals surface area contributed by atoms with Crippen molar-refractivity contribution in [2.45, 2.75) is 0 Å². The maximum atomic E-state index is 5.13. The van der Waals surface area contributed by atoms with Crippen LogP contribution in [0.5, 0.6) is 0 Å². The molecule has 0 saturated carbocycles. The van der Waals surface area contributed by atoms with Crippen molar-refractivity contribution in [3.05, 3.63) is 71.3 Å². The number of terminal acetylenes is 1. The van der Waals surface area contributed by atoms with Gasteiger partial charge in [0.1, 0.15) is 0 Å². The molecule has 0 aliphatic carbocycles. The van der Waals surface area contributed by atoms with Crippen LogP contribution in [-0.4, -0.2) is 0 Å². The Morgan fingerprint density at radius 3 is 1.94 bits per heavy atom. The van der Waals surface area contributed by atoms with Crippen molar-refractivity contribution < 1.29 is 0 Å². The van der Waals surface area contributed by atoms with Gasteiger partial charge in [-0.15, -0.1) is 6.42 Å². The summed E-state index contributed by atoms with van der Waals surface area (Å²) in [7, 11) is 0. The molecule has 0 aliphatic rings. The van der Waals surface area contributed by atoms with Crippen molar-refractivity contribution in [2.24, 2.45) is 0 Å². The summed E-state index contributed by atoms with van der Waals surface area (Å²) in [5.41, 5.74) is 2.74. The van der Waals surface area contributed by atoms with E-state index >= 15 is 0 Å². The Morgan fingerprint density at radius 1 is 0.667 bits per heavy atom. The molecule has 0 fully saturated rings. The fraction of sp³-hybridized carbons (Fsp3) is 0. The Morgan fingerprint density at radius 2 is 1.28 bits per heavy atom. The van der Waals surface area contributed by atoms with Gasteiger partial charge in [0.15, 0.2) is 0 Å². The summed E-state index contributed by atoms with van der Waals surface area (Å²) in [6, 6.07) is 17.6. The van der Waals surface area contributed by atoms with Gasteiger partial charge in [0.25, 0.3) is 0 Å². The topological polar surface area (TPSA) is 0 Å². The molecule has 0 atom stereocenters. The Labute approximate surface area is 108 Å². The predicted octanol–water partition coefficient (Wildman–Crippen LogP) is 3.07. The van der Waals surface area contributed by atoms with Crippen molar-refractivity contribution in [2.75, 3.05) is 0 Å². The smallest absolute Gasteiger partial charge is 0.0412 e. The van der Waals surface area contributed by atoms with E-state index < -0.39 is 0 Å². The van der Waals surface area contributed by atoms with E-state index in [1.165, 1.54) is 0 Å². The molecule has 2 aromatic carbocycles. The Hall–Kier alpha value is -2.88. The van der Waals surface area contributed by atoms with Gasteiger partial charge in [-0.2, -0.15) is 0 Å². The fourth-order valence-electron chi connectivity index (χ4n) is 1.47. The van der Waals surface area contributed by atoms with E-state index in [9.17, 15) is 0 Å². The largest absolute Gasteiger partial charge is 0.106 e. The van der Waals surface area contributed by atoms with Crippen LogP contribution in [0.25, 0.3) is 0 Å². The van der Waals surface area contributed by atoms with E-state index in [0.717, 1.165) is 16.7 Å². The lowest BCUT2D eigenvalue weighted by Gasteiger charge is -1.94. The van der Waals surface area contributed by atoms with E-state index in [1.54, 1.807) is 0 Å². The highest BCUT2D eigenvalue weighted by Crippen LogP contribution is 2.06. The third-order valence-corrected chi connectivity index (χ3v) is 2.31. The first kappa shape index (κ1) is 11.6. The molecular formula is C18H10. The summed E-state index contributed by atoms with van der Waals surface area (Å²) in [5.74, 6) is 14.1. The summed E-state index contributed by atoms with van der Waals surface area (Å²) < 4.78 is 0. The summed E-state index contributed by atoms with van der Waals surface area (Å²) in [6.07, 6.45) is 5.13. The minimum atomic E-state index is 0.860. The van der Waals surface area contributed by atoms with Crippen LogP contribution in [0.2, 0.25) is 0 Å². The molecule has 0 nitrogen and oxygen atoms in total. The minimum Gasteiger partial charge on any atom is -0.106 e. The molecule has 2 aromatic rings. The zero-order valence-electron chi connectivity index (χ0n) is 9.77. The van der Waals surface area contributed by atoms with Crippen LogP contribution in [-0.2, 0) is 0 Å². The van der Waals surface area contributed by atoms with E-state index in [0.29, 0.717) is 0 Å². The molecule has 0 aliphatic heterocycles. The summed E-state index contributed by atoms with van der Waals surface area (Å²) >= 11 is 0. The molecule has 0 heterocycles. The molecule has 0 N–H and O–H groups in total. The molecule has 0 bridgehead atoms. The average molecular weight is 226 g/mol. The zero-order valence-corrected chi connectivity index (χ0v) is 9.77. The highest BCUT2D eigenvalue weighted by molar-refractivity contribution is 5.53. The third kappa shape index (κ3) is 3.05. The van der Waals surface area contributed by atoms with Gasteiger partial charge in [-0.05, 0) is 36.1 Å². The Kier molecular flexibility index (Phi) is 3.87. The molecule has 18 heavy (non-hydrogen) atoms. The normalized spacial score (nSPS) is 8.17. The van der Waals surface area contributed by atoms with Gasteiger partial charge >= 0.3 is 0 Å². The molecule has 0 heteroatoms. The third-order valence-electron chi connectivity index (χ3n) is 2.31. The van der Waals surface area contributed by atoms with Crippen LogP contribution in [0.3, 0.4) is 0 Å². The van der Waals surface area contributed by atoms with E-state index in [4.69, 9.17) is 6.42 Å². The minimum absolute atomic E-state index is 0.860. The molecule has 82 valence electrons. The van der Waals surface area contributed by atoms with Gasteiger partial charge in [0.05, 0.1) is 0 Å². The van der Waals surface area contributed by atoms with Gasteiger partial charge < -0.3 is 0 Å². The van der Waals surface area contributed by atoms with Crippen molar-refractivity contribution in [1.29, 1.82) is 0 Å². The highest BCUT2D eigenvalue weighted by atomic mass is 14.0. The maximum Gasteiger partial charge on any atom is 0.0412 e. The summed E-state index contributed by atoms with van der Waals surface area (Å²) in [6.45, 7) is 0. The van der Waals surface area contributed by atoms with Crippen LogP contribution in [0.1, 0.15) is 16.7 Å². The van der Waals surface area contributed by atoms with Crippen molar-refractivity contribution in [1.82, 2.24) is 0 Å².